The average Bonchev–Trinajstić information content (AvgIpc) is 2.60. The van der Waals surface area contributed by atoms with Crippen LogP contribution in [0.2, 0.25) is 0 Å². The molecule has 1 amide bonds. The van der Waals surface area contributed by atoms with E-state index in [2.05, 4.69) is 25.8 Å². The maximum absolute atomic E-state index is 13.1. The van der Waals surface area contributed by atoms with E-state index >= 15 is 0 Å². The summed E-state index contributed by atoms with van der Waals surface area (Å²) in [5, 5.41) is 9.02. The van der Waals surface area contributed by atoms with E-state index in [1.807, 2.05) is 6.92 Å². The predicted octanol–water partition coefficient (Wildman–Crippen LogP) is 1.81. The summed E-state index contributed by atoms with van der Waals surface area (Å²) >= 11 is 0. The number of carbonyl (C=O) groups excluding carboxylic acids is 1. The average molecular weight is 349 g/mol. The second-order valence-electron chi connectivity index (χ2n) is 6.08. The van der Waals surface area contributed by atoms with Gasteiger partial charge in [0.15, 0.2) is 5.96 Å². The number of aliphatic imine (C=N–C) groups is 1. The number of nitrogens with one attached hydrogen (secondary N) is 3. The van der Waals surface area contributed by atoms with Crippen LogP contribution in [0.15, 0.2) is 29.3 Å². The summed E-state index contributed by atoms with van der Waals surface area (Å²) in [6, 6.07) is 5.82. The largest absolute Gasteiger partial charge is 0.357 e. The van der Waals surface area contributed by atoms with Crippen LogP contribution in [0.25, 0.3) is 0 Å². The van der Waals surface area contributed by atoms with Gasteiger partial charge in [-0.05, 0) is 51.1 Å². The number of likely N-dealkylation sites (tertiary alicyclic amines) is 1. The van der Waals surface area contributed by atoms with Gasteiger partial charge in [0, 0.05) is 25.3 Å². The Morgan fingerprint density at radius 2 is 2.04 bits per heavy atom. The molecule has 0 aliphatic carbocycles. The molecule has 7 heteroatoms. The summed E-state index contributed by atoms with van der Waals surface area (Å²) < 4.78 is 13.1. The maximum Gasteiger partial charge on any atom is 0.246 e. The molecule has 0 atom stereocenters. The fourth-order valence-electron chi connectivity index (χ4n) is 2.77. The molecule has 1 fully saturated rings. The van der Waals surface area contributed by atoms with Gasteiger partial charge in [-0.15, -0.1) is 0 Å². The van der Waals surface area contributed by atoms with E-state index in [-0.39, 0.29) is 18.3 Å². The molecule has 6 nitrogen and oxygen atoms in total. The highest BCUT2D eigenvalue weighted by Crippen LogP contribution is 2.09. The van der Waals surface area contributed by atoms with Gasteiger partial charge < -0.3 is 20.9 Å². The van der Waals surface area contributed by atoms with Crippen molar-refractivity contribution in [3.63, 3.8) is 0 Å². The number of piperidine rings is 1. The minimum absolute atomic E-state index is 0.0183. The second-order valence-corrected chi connectivity index (χ2v) is 6.08. The lowest BCUT2D eigenvalue weighted by atomic mass is 10.1. The molecular formula is C18H28FN5O. The highest BCUT2D eigenvalue weighted by atomic mass is 19.1. The molecular weight excluding hydrogens is 321 g/mol. The first-order valence-corrected chi connectivity index (χ1v) is 8.97. The molecule has 1 aromatic rings. The third-order valence-corrected chi connectivity index (χ3v) is 4.00. The number of hydrogen-bond acceptors (Lipinski definition) is 3. The topological polar surface area (TPSA) is 68.8 Å². The zero-order chi connectivity index (χ0) is 17.9. The van der Waals surface area contributed by atoms with Crippen molar-refractivity contribution in [2.75, 3.05) is 44.6 Å². The number of amides is 1. The molecule has 0 unspecified atom stereocenters. The number of hydrogen-bond donors (Lipinski definition) is 3. The molecule has 1 aromatic carbocycles. The van der Waals surface area contributed by atoms with E-state index in [1.165, 1.54) is 31.4 Å². The number of nitrogens with zero attached hydrogens (tertiary/aromatic N) is 2. The Kier molecular flexibility index (Phi) is 8.18. The number of halogens is 1. The van der Waals surface area contributed by atoms with Crippen molar-refractivity contribution in [2.24, 2.45) is 4.99 Å². The van der Waals surface area contributed by atoms with Crippen LogP contribution in [0.4, 0.5) is 10.1 Å². The standard InChI is InChI=1S/C18H28FN5O/c1-2-20-18(21-9-12-24-10-4-3-5-11-24)22-14-17(25)23-16-8-6-7-15(19)13-16/h6-8,13H,2-5,9-12,14H2,1H3,(H,23,25)(H2,20,21,22). The van der Waals surface area contributed by atoms with Crippen LogP contribution in [0.5, 0.6) is 0 Å². The summed E-state index contributed by atoms with van der Waals surface area (Å²) in [4.78, 5) is 18.7. The van der Waals surface area contributed by atoms with Crippen molar-refractivity contribution >= 4 is 17.6 Å². The van der Waals surface area contributed by atoms with E-state index in [0.29, 0.717) is 11.6 Å². The Bertz CT molecular complexity index is 572. The number of rotatable bonds is 7. The molecule has 1 aliphatic heterocycles. The molecule has 1 heterocycles. The van der Waals surface area contributed by atoms with Gasteiger partial charge in [0.1, 0.15) is 12.4 Å². The molecule has 0 saturated carbocycles. The van der Waals surface area contributed by atoms with Gasteiger partial charge in [0.05, 0.1) is 0 Å². The molecule has 0 radical (unpaired) electrons. The number of anilines is 1. The lowest BCUT2D eigenvalue weighted by molar-refractivity contribution is -0.114. The van der Waals surface area contributed by atoms with Crippen LogP contribution in [0, 0.1) is 5.82 Å². The van der Waals surface area contributed by atoms with E-state index in [0.717, 1.165) is 32.7 Å². The highest BCUT2D eigenvalue weighted by Gasteiger charge is 2.09. The lowest BCUT2D eigenvalue weighted by Crippen LogP contribution is -2.43. The molecule has 0 spiro atoms. The molecule has 0 aromatic heterocycles. The summed E-state index contributed by atoms with van der Waals surface area (Å²) in [5.41, 5.74) is 0.434. The first-order valence-electron chi connectivity index (χ1n) is 8.97. The SMILES string of the molecule is CCNC(=NCC(=O)Nc1cccc(F)c1)NCCN1CCCCC1. The minimum atomic E-state index is -0.381. The van der Waals surface area contributed by atoms with Gasteiger partial charge in [0.2, 0.25) is 5.91 Å². The van der Waals surface area contributed by atoms with E-state index < -0.39 is 0 Å². The summed E-state index contributed by atoms with van der Waals surface area (Å²) in [6.07, 6.45) is 3.87. The zero-order valence-electron chi connectivity index (χ0n) is 14.9. The van der Waals surface area contributed by atoms with E-state index in [1.54, 1.807) is 12.1 Å². The van der Waals surface area contributed by atoms with Crippen LogP contribution >= 0.6 is 0 Å². The smallest absolute Gasteiger partial charge is 0.246 e. The molecule has 3 N–H and O–H groups in total. The highest BCUT2D eigenvalue weighted by molar-refractivity contribution is 5.94. The second kappa shape index (κ2) is 10.7. The molecule has 1 aliphatic rings. The summed E-state index contributed by atoms with van der Waals surface area (Å²) in [6.45, 7) is 6.76. The fourth-order valence-corrected chi connectivity index (χ4v) is 2.77. The first-order chi connectivity index (χ1) is 12.2. The maximum atomic E-state index is 13.1. The van der Waals surface area contributed by atoms with Gasteiger partial charge in [-0.3, -0.25) is 4.79 Å². The van der Waals surface area contributed by atoms with Crippen molar-refractivity contribution in [2.45, 2.75) is 26.2 Å². The van der Waals surface area contributed by atoms with E-state index in [9.17, 15) is 9.18 Å². The molecule has 0 bridgehead atoms. The van der Waals surface area contributed by atoms with E-state index in [4.69, 9.17) is 0 Å². The van der Waals surface area contributed by atoms with Gasteiger partial charge in [0.25, 0.3) is 0 Å². The molecule has 2 rings (SSSR count). The zero-order valence-corrected chi connectivity index (χ0v) is 14.9. The number of carbonyl (C=O) groups is 1. The minimum Gasteiger partial charge on any atom is -0.357 e. The molecule has 25 heavy (non-hydrogen) atoms. The van der Waals surface area contributed by atoms with Gasteiger partial charge in [-0.1, -0.05) is 12.5 Å². The molecule has 1 saturated heterocycles. The fraction of sp³-hybridized carbons (Fsp3) is 0.556. The predicted molar refractivity (Wildman–Crippen MR) is 99.3 cm³/mol. The van der Waals surface area contributed by atoms with Gasteiger partial charge >= 0.3 is 0 Å². The Hall–Kier alpha value is -2.15. The number of guanidine groups is 1. The van der Waals surface area contributed by atoms with Crippen molar-refractivity contribution < 1.29 is 9.18 Å². The van der Waals surface area contributed by atoms with Crippen LogP contribution in [0.3, 0.4) is 0 Å². The molecule has 138 valence electrons. The third kappa shape index (κ3) is 7.51. The Labute approximate surface area is 148 Å². The normalized spacial score (nSPS) is 15.7. The van der Waals surface area contributed by atoms with Crippen LogP contribution in [0.1, 0.15) is 26.2 Å². The van der Waals surface area contributed by atoms with Gasteiger partial charge in [-0.25, -0.2) is 9.38 Å². The van der Waals surface area contributed by atoms with Crippen molar-refractivity contribution in [1.29, 1.82) is 0 Å². The van der Waals surface area contributed by atoms with Crippen molar-refractivity contribution in [1.82, 2.24) is 15.5 Å². The van der Waals surface area contributed by atoms with Crippen LogP contribution in [-0.4, -0.2) is 56.0 Å². The third-order valence-electron chi connectivity index (χ3n) is 4.00. The Morgan fingerprint density at radius 1 is 1.24 bits per heavy atom. The Balaban J connectivity index is 1.76. The quantitative estimate of drug-likeness (QED) is 0.519. The van der Waals surface area contributed by atoms with Crippen molar-refractivity contribution in [3.8, 4) is 0 Å². The summed E-state index contributed by atoms with van der Waals surface area (Å²) in [7, 11) is 0. The number of benzene rings is 1. The van der Waals surface area contributed by atoms with Crippen molar-refractivity contribution in [3.05, 3.63) is 30.1 Å². The first kappa shape index (κ1) is 19.2. The van der Waals surface area contributed by atoms with Gasteiger partial charge in [-0.2, -0.15) is 0 Å². The Morgan fingerprint density at radius 3 is 2.76 bits per heavy atom. The monoisotopic (exact) mass is 349 g/mol. The summed E-state index contributed by atoms with van der Waals surface area (Å²) in [5.74, 6) is -0.0400. The van der Waals surface area contributed by atoms with Crippen LogP contribution in [-0.2, 0) is 4.79 Å². The van der Waals surface area contributed by atoms with Crippen LogP contribution < -0.4 is 16.0 Å². The lowest BCUT2D eigenvalue weighted by Gasteiger charge is -2.26.